The monoisotopic (exact) mass is 308 g/mol. The van der Waals surface area contributed by atoms with Gasteiger partial charge >= 0.3 is 0 Å². The van der Waals surface area contributed by atoms with Crippen molar-refractivity contribution in [3.05, 3.63) is 28.9 Å². The summed E-state index contributed by atoms with van der Waals surface area (Å²) >= 11 is 6.17. The molecule has 7 nitrogen and oxygen atoms in total. The Hall–Kier alpha value is -2.09. The highest BCUT2D eigenvalue weighted by molar-refractivity contribution is 6.32. The first-order chi connectivity index (χ1) is 10.2. The molecule has 0 aliphatic carbocycles. The van der Waals surface area contributed by atoms with Crippen LogP contribution in [-0.4, -0.2) is 23.9 Å². The van der Waals surface area contributed by atoms with Gasteiger partial charge in [-0.15, -0.1) is 0 Å². The first kappa shape index (κ1) is 13.9. The van der Waals surface area contributed by atoms with E-state index in [0.29, 0.717) is 46.0 Å². The number of aromatic nitrogens is 2. The van der Waals surface area contributed by atoms with Crippen molar-refractivity contribution in [2.75, 3.05) is 19.3 Å². The molecule has 2 aromatic rings. The first-order valence-electron chi connectivity index (χ1n) is 6.14. The zero-order valence-corrected chi connectivity index (χ0v) is 12.0. The van der Waals surface area contributed by atoms with Crippen LogP contribution in [0.15, 0.2) is 18.2 Å². The van der Waals surface area contributed by atoms with Gasteiger partial charge in [-0.3, -0.25) is 0 Å². The number of hydrogen-bond donors (Lipinski definition) is 2. The maximum absolute atomic E-state index is 6.17. The van der Waals surface area contributed by atoms with Crippen LogP contribution in [0.3, 0.4) is 0 Å². The van der Waals surface area contributed by atoms with Crippen LogP contribution < -0.4 is 20.7 Å². The predicted molar refractivity (Wildman–Crippen MR) is 77.1 cm³/mol. The molecule has 1 aromatic carbocycles. The van der Waals surface area contributed by atoms with Gasteiger partial charge in [-0.2, -0.15) is 0 Å². The van der Waals surface area contributed by atoms with Crippen LogP contribution in [0, 0.1) is 0 Å². The van der Waals surface area contributed by atoms with Gasteiger partial charge < -0.3 is 19.6 Å². The van der Waals surface area contributed by atoms with Crippen molar-refractivity contribution in [2.45, 2.75) is 6.61 Å². The van der Waals surface area contributed by atoms with E-state index in [0.717, 1.165) is 0 Å². The van der Waals surface area contributed by atoms with Crippen molar-refractivity contribution >= 4 is 17.4 Å². The molecule has 3 rings (SSSR count). The lowest BCUT2D eigenvalue weighted by Gasteiger charge is -2.08. The highest BCUT2D eigenvalue weighted by Gasteiger charge is 2.20. The van der Waals surface area contributed by atoms with Crippen LogP contribution in [0.25, 0.3) is 11.4 Å². The molecule has 0 bridgehead atoms. The second-order valence-corrected chi connectivity index (χ2v) is 4.74. The lowest BCUT2D eigenvalue weighted by molar-refractivity contribution is 0.174. The number of methoxy groups -OCH3 is 1. The molecule has 8 heteroatoms. The quantitative estimate of drug-likeness (QED) is 0.659. The minimum absolute atomic E-state index is 0.151. The molecule has 1 aromatic heterocycles. The molecule has 0 unspecified atom stereocenters. The van der Waals surface area contributed by atoms with Crippen molar-refractivity contribution in [1.29, 1.82) is 0 Å². The van der Waals surface area contributed by atoms with Gasteiger partial charge in [-0.05, 0) is 12.1 Å². The number of anilines is 1. The molecule has 1 aliphatic rings. The third-order valence-electron chi connectivity index (χ3n) is 2.90. The van der Waals surface area contributed by atoms with E-state index in [-0.39, 0.29) is 6.79 Å². The van der Waals surface area contributed by atoms with Gasteiger partial charge in [0, 0.05) is 18.7 Å². The molecular weight excluding hydrogens is 296 g/mol. The standard InChI is InChI=1S/C13H13ClN4O3/c1-19-5-8-4-11(18-15)17-13(16-8)7-2-9(14)12-10(3-7)20-6-21-12/h2-4H,5-6,15H2,1H3,(H,16,17,18). The van der Waals surface area contributed by atoms with Crippen LogP contribution in [0.2, 0.25) is 5.02 Å². The third kappa shape index (κ3) is 2.71. The number of nitrogens with one attached hydrogen (secondary N) is 1. The molecule has 1 aliphatic heterocycles. The lowest BCUT2D eigenvalue weighted by atomic mass is 10.2. The number of hydrogen-bond acceptors (Lipinski definition) is 7. The Balaban J connectivity index is 2.07. The number of hydrazine groups is 1. The summed E-state index contributed by atoms with van der Waals surface area (Å²) in [6.07, 6.45) is 0. The van der Waals surface area contributed by atoms with Crippen molar-refractivity contribution in [1.82, 2.24) is 9.97 Å². The van der Waals surface area contributed by atoms with Crippen LogP contribution in [0.1, 0.15) is 5.69 Å². The number of ether oxygens (including phenoxy) is 3. The first-order valence-corrected chi connectivity index (χ1v) is 6.52. The van der Waals surface area contributed by atoms with E-state index in [1.807, 2.05) is 0 Å². The summed E-state index contributed by atoms with van der Waals surface area (Å²) in [4.78, 5) is 8.73. The molecule has 0 radical (unpaired) electrons. The second kappa shape index (κ2) is 5.72. The van der Waals surface area contributed by atoms with Crippen molar-refractivity contribution in [2.24, 2.45) is 5.84 Å². The number of fused-ring (bicyclic) bond motifs is 1. The van der Waals surface area contributed by atoms with Crippen LogP contribution >= 0.6 is 11.6 Å². The van der Waals surface area contributed by atoms with Crippen molar-refractivity contribution in [3.63, 3.8) is 0 Å². The summed E-state index contributed by atoms with van der Waals surface area (Å²) < 4.78 is 15.7. The summed E-state index contributed by atoms with van der Waals surface area (Å²) in [5.41, 5.74) is 3.91. The van der Waals surface area contributed by atoms with E-state index in [1.165, 1.54) is 0 Å². The molecule has 0 spiro atoms. The van der Waals surface area contributed by atoms with E-state index in [4.69, 9.17) is 31.7 Å². The molecule has 0 amide bonds. The Bertz CT molecular complexity index is 681. The average Bonchev–Trinajstić information content (AvgIpc) is 2.96. The Morgan fingerprint density at radius 1 is 1.33 bits per heavy atom. The number of nitrogens with two attached hydrogens (primary N) is 1. The summed E-state index contributed by atoms with van der Waals surface area (Å²) in [5.74, 6) is 7.49. The molecule has 21 heavy (non-hydrogen) atoms. The van der Waals surface area contributed by atoms with Gasteiger partial charge in [0.25, 0.3) is 0 Å². The maximum atomic E-state index is 6.17. The molecule has 0 fully saturated rings. The Morgan fingerprint density at radius 3 is 2.95 bits per heavy atom. The van der Waals surface area contributed by atoms with E-state index in [9.17, 15) is 0 Å². The van der Waals surface area contributed by atoms with Gasteiger partial charge in [0.05, 0.1) is 17.3 Å². The van der Waals surface area contributed by atoms with Crippen LogP contribution in [0.4, 0.5) is 5.82 Å². The molecule has 0 saturated heterocycles. The Kier molecular flexibility index (Phi) is 3.78. The predicted octanol–water partition coefficient (Wildman–Crippen LogP) is 1.96. The molecule has 110 valence electrons. The van der Waals surface area contributed by atoms with Gasteiger partial charge in [0.2, 0.25) is 6.79 Å². The molecule has 3 N–H and O–H groups in total. The Morgan fingerprint density at radius 2 is 2.19 bits per heavy atom. The lowest BCUT2D eigenvalue weighted by Crippen LogP contribution is -2.10. The SMILES string of the molecule is COCc1cc(NN)nc(-c2cc(Cl)c3c(c2)OCO3)n1. The number of rotatable bonds is 4. The van der Waals surface area contributed by atoms with Crippen molar-refractivity contribution in [3.8, 4) is 22.9 Å². The van der Waals surface area contributed by atoms with E-state index in [1.54, 1.807) is 25.3 Å². The smallest absolute Gasteiger partial charge is 0.231 e. The fourth-order valence-electron chi connectivity index (χ4n) is 2.02. The van der Waals surface area contributed by atoms with Crippen LogP contribution in [-0.2, 0) is 11.3 Å². The number of nitrogens with zero attached hydrogens (tertiary/aromatic N) is 2. The van der Waals surface area contributed by atoms with Gasteiger partial charge in [-0.1, -0.05) is 11.6 Å². The minimum Gasteiger partial charge on any atom is -0.454 e. The summed E-state index contributed by atoms with van der Waals surface area (Å²) in [6, 6.07) is 5.21. The fourth-order valence-corrected chi connectivity index (χ4v) is 2.28. The molecular formula is C13H13ClN4O3. The fraction of sp³-hybridized carbons (Fsp3) is 0.231. The number of halogens is 1. The molecule has 0 atom stereocenters. The number of nitrogen functional groups attached to an aromatic ring is 1. The third-order valence-corrected chi connectivity index (χ3v) is 3.19. The van der Waals surface area contributed by atoms with Crippen LogP contribution in [0.5, 0.6) is 11.5 Å². The summed E-state index contributed by atoms with van der Waals surface area (Å²) in [5, 5.41) is 0.447. The minimum atomic E-state index is 0.151. The topological polar surface area (TPSA) is 91.5 Å². The van der Waals surface area contributed by atoms with Gasteiger partial charge in [0.1, 0.15) is 5.82 Å². The van der Waals surface area contributed by atoms with Crippen molar-refractivity contribution < 1.29 is 14.2 Å². The largest absolute Gasteiger partial charge is 0.454 e. The number of benzene rings is 1. The second-order valence-electron chi connectivity index (χ2n) is 4.34. The highest BCUT2D eigenvalue weighted by atomic mass is 35.5. The average molecular weight is 309 g/mol. The van der Waals surface area contributed by atoms with Gasteiger partial charge in [-0.25, -0.2) is 15.8 Å². The van der Waals surface area contributed by atoms with E-state index >= 15 is 0 Å². The maximum Gasteiger partial charge on any atom is 0.231 e. The summed E-state index contributed by atoms with van der Waals surface area (Å²) in [6.45, 7) is 0.501. The highest BCUT2D eigenvalue weighted by Crippen LogP contribution is 2.41. The van der Waals surface area contributed by atoms with Gasteiger partial charge in [0.15, 0.2) is 17.3 Å². The van der Waals surface area contributed by atoms with E-state index in [2.05, 4.69) is 15.4 Å². The zero-order chi connectivity index (χ0) is 14.8. The van der Waals surface area contributed by atoms with E-state index < -0.39 is 0 Å². The molecule has 0 saturated carbocycles. The summed E-state index contributed by atoms with van der Waals surface area (Å²) in [7, 11) is 1.59. The normalized spacial score (nSPS) is 12.5. The zero-order valence-electron chi connectivity index (χ0n) is 11.2. The molecule has 2 heterocycles. The Labute approximate surface area is 126 Å².